The Balaban J connectivity index is 1.53. The number of piperidine rings is 1. The summed E-state index contributed by atoms with van der Waals surface area (Å²) in [6.45, 7) is 4.44. The smallest absolute Gasteiger partial charge is 0.292 e. The summed E-state index contributed by atoms with van der Waals surface area (Å²) in [7, 11) is 0. The highest BCUT2D eigenvalue weighted by Crippen LogP contribution is 2.23. The van der Waals surface area contributed by atoms with Gasteiger partial charge in [-0.2, -0.15) is 5.10 Å². The van der Waals surface area contributed by atoms with Crippen molar-refractivity contribution >= 4 is 5.91 Å². The van der Waals surface area contributed by atoms with E-state index in [1.165, 1.54) is 19.3 Å². The van der Waals surface area contributed by atoms with E-state index in [9.17, 15) is 4.79 Å². The number of carbonyl (C=O) groups excluding carboxylic acids is 1. The van der Waals surface area contributed by atoms with Crippen LogP contribution in [0.5, 0.6) is 0 Å². The molecule has 0 N–H and O–H groups in total. The number of aromatic nitrogens is 4. The van der Waals surface area contributed by atoms with Crippen molar-refractivity contribution in [1.82, 2.24) is 29.5 Å². The second-order valence-corrected chi connectivity index (χ2v) is 6.54. The predicted molar refractivity (Wildman–Crippen MR) is 88.3 cm³/mol. The fourth-order valence-corrected chi connectivity index (χ4v) is 3.67. The molecule has 0 bridgehead atoms. The van der Waals surface area contributed by atoms with Crippen LogP contribution in [0.3, 0.4) is 0 Å². The number of amides is 1. The first-order valence-corrected chi connectivity index (χ1v) is 8.62. The predicted octanol–water partition coefficient (Wildman–Crippen LogP) is 1.36. The highest BCUT2D eigenvalue weighted by Gasteiger charge is 2.31. The minimum atomic E-state index is -0.105. The summed E-state index contributed by atoms with van der Waals surface area (Å²) in [5, 5.41) is 4.49. The summed E-state index contributed by atoms with van der Waals surface area (Å²) in [6.07, 6.45) is 8.90. The lowest BCUT2D eigenvalue weighted by molar-refractivity contribution is 0.0619. The van der Waals surface area contributed by atoms with E-state index in [2.05, 4.69) is 24.6 Å². The molecule has 2 aliphatic heterocycles. The molecule has 0 radical (unpaired) electrons. The van der Waals surface area contributed by atoms with Crippen molar-refractivity contribution in [3.63, 3.8) is 0 Å². The van der Waals surface area contributed by atoms with Crippen LogP contribution in [0.4, 0.5) is 0 Å². The van der Waals surface area contributed by atoms with E-state index in [0.717, 1.165) is 25.3 Å². The quantitative estimate of drug-likeness (QED) is 0.852. The summed E-state index contributed by atoms with van der Waals surface area (Å²) < 4.78 is 2.09. The Bertz CT molecular complexity index is 694. The first kappa shape index (κ1) is 15.3. The lowest BCUT2D eigenvalue weighted by atomic mass is 10.1. The molecule has 1 unspecified atom stereocenters. The molecule has 2 aromatic rings. The molecule has 2 aliphatic rings. The minimum absolute atomic E-state index is 0.105. The van der Waals surface area contributed by atoms with Crippen LogP contribution in [-0.4, -0.2) is 61.6 Å². The molecule has 7 heteroatoms. The number of fused-ring (bicyclic) bond motifs is 1. The third-order valence-electron chi connectivity index (χ3n) is 4.84. The third-order valence-corrected chi connectivity index (χ3v) is 4.84. The van der Waals surface area contributed by atoms with E-state index >= 15 is 0 Å². The molecular weight excluding hydrogens is 304 g/mol. The zero-order valence-electron chi connectivity index (χ0n) is 13.7. The van der Waals surface area contributed by atoms with Gasteiger partial charge in [0.25, 0.3) is 5.91 Å². The average molecular weight is 326 g/mol. The molecule has 1 fully saturated rings. The maximum absolute atomic E-state index is 12.7. The summed E-state index contributed by atoms with van der Waals surface area (Å²) in [5.74, 6) is 0.161. The van der Waals surface area contributed by atoms with Gasteiger partial charge in [-0.15, -0.1) is 0 Å². The van der Waals surface area contributed by atoms with Gasteiger partial charge in [0.05, 0.1) is 18.3 Å². The Hall–Kier alpha value is -2.28. The lowest BCUT2D eigenvalue weighted by Gasteiger charge is -2.37. The molecule has 1 amide bonds. The van der Waals surface area contributed by atoms with E-state index in [4.69, 9.17) is 0 Å². The molecule has 4 rings (SSSR count). The molecule has 1 atom stereocenters. The maximum atomic E-state index is 12.7. The van der Waals surface area contributed by atoms with Crippen molar-refractivity contribution in [2.24, 2.45) is 0 Å². The Kier molecular flexibility index (Phi) is 4.25. The van der Waals surface area contributed by atoms with Gasteiger partial charge < -0.3 is 9.80 Å². The van der Waals surface area contributed by atoms with Crippen LogP contribution < -0.4 is 0 Å². The van der Waals surface area contributed by atoms with Crippen LogP contribution in [0.1, 0.15) is 41.6 Å². The van der Waals surface area contributed by atoms with Crippen molar-refractivity contribution < 1.29 is 4.79 Å². The Labute approximate surface area is 141 Å². The SMILES string of the molecule is O=C(c1ncccn1)N1Cc2ccnn2C(CN2CCCCC2)C1. The third kappa shape index (κ3) is 3.03. The van der Waals surface area contributed by atoms with Gasteiger partial charge in [-0.1, -0.05) is 6.42 Å². The molecule has 2 aromatic heterocycles. The molecule has 1 saturated heterocycles. The molecule has 4 heterocycles. The van der Waals surface area contributed by atoms with E-state index < -0.39 is 0 Å². The van der Waals surface area contributed by atoms with Gasteiger partial charge in [0, 0.05) is 31.7 Å². The van der Waals surface area contributed by atoms with Crippen LogP contribution in [0, 0.1) is 0 Å². The molecule has 24 heavy (non-hydrogen) atoms. The van der Waals surface area contributed by atoms with Crippen molar-refractivity contribution in [2.75, 3.05) is 26.2 Å². The largest absolute Gasteiger partial charge is 0.328 e. The first-order chi connectivity index (χ1) is 11.8. The second-order valence-electron chi connectivity index (χ2n) is 6.54. The van der Waals surface area contributed by atoms with Gasteiger partial charge in [-0.3, -0.25) is 9.48 Å². The average Bonchev–Trinajstić information content (AvgIpc) is 3.11. The van der Waals surface area contributed by atoms with E-state index in [-0.39, 0.29) is 17.8 Å². The highest BCUT2D eigenvalue weighted by atomic mass is 16.2. The van der Waals surface area contributed by atoms with Crippen LogP contribution in [0.25, 0.3) is 0 Å². The van der Waals surface area contributed by atoms with Crippen LogP contribution >= 0.6 is 0 Å². The van der Waals surface area contributed by atoms with Gasteiger partial charge in [-0.05, 0) is 38.1 Å². The van der Waals surface area contributed by atoms with Crippen molar-refractivity contribution in [2.45, 2.75) is 31.8 Å². The second kappa shape index (κ2) is 6.68. The fourth-order valence-electron chi connectivity index (χ4n) is 3.67. The number of hydrogen-bond donors (Lipinski definition) is 0. The van der Waals surface area contributed by atoms with Gasteiger partial charge in [0.15, 0.2) is 0 Å². The maximum Gasteiger partial charge on any atom is 0.292 e. The van der Waals surface area contributed by atoms with E-state index in [1.54, 1.807) is 18.5 Å². The van der Waals surface area contributed by atoms with Crippen molar-refractivity contribution in [3.05, 3.63) is 42.2 Å². The van der Waals surface area contributed by atoms with Crippen molar-refractivity contribution in [3.8, 4) is 0 Å². The van der Waals surface area contributed by atoms with Gasteiger partial charge in [-0.25, -0.2) is 9.97 Å². The summed E-state index contributed by atoms with van der Waals surface area (Å²) in [5.41, 5.74) is 1.08. The number of hydrogen-bond acceptors (Lipinski definition) is 5. The fraction of sp³-hybridized carbons (Fsp3) is 0.529. The molecule has 7 nitrogen and oxygen atoms in total. The lowest BCUT2D eigenvalue weighted by Crippen LogP contribution is -2.46. The Morgan fingerprint density at radius 1 is 1.12 bits per heavy atom. The number of carbonyl (C=O) groups is 1. The molecular formula is C17H22N6O. The molecule has 0 aromatic carbocycles. The monoisotopic (exact) mass is 326 g/mol. The minimum Gasteiger partial charge on any atom is -0.328 e. The van der Waals surface area contributed by atoms with E-state index in [1.807, 2.05) is 17.2 Å². The molecule has 126 valence electrons. The molecule has 0 saturated carbocycles. The highest BCUT2D eigenvalue weighted by molar-refractivity contribution is 5.90. The molecule has 0 aliphatic carbocycles. The summed E-state index contributed by atoms with van der Waals surface area (Å²) >= 11 is 0. The number of nitrogens with zero attached hydrogens (tertiary/aromatic N) is 6. The number of rotatable bonds is 3. The van der Waals surface area contributed by atoms with Crippen LogP contribution in [-0.2, 0) is 6.54 Å². The van der Waals surface area contributed by atoms with Gasteiger partial charge in [0.1, 0.15) is 0 Å². The topological polar surface area (TPSA) is 67.2 Å². The Morgan fingerprint density at radius 2 is 1.92 bits per heavy atom. The normalized spacial score (nSPS) is 21.5. The summed E-state index contributed by atoms with van der Waals surface area (Å²) in [6, 6.07) is 3.91. The zero-order chi connectivity index (χ0) is 16.4. The Morgan fingerprint density at radius 3 is 2.71 bits per heavy atom. The standard InChI is InChI=1S/C17H22N6O/c24-17(16-18-6-4-7-19-16)22-12-14-5-8-20-23(14)15(13-22)11-21-9-2-1-3-10-21/h4-8,15H,1-3,9-13H2. The van der Waals surface area contributed by atoms with Crippen molar-refractivity contribution in [1.29, 1.82) is 0 Å². The summed E-state index contributed by atoms with van der Waals surface area (Å²) in [4.78, 5) is 25.3. The van der Waals surface area contributed by atoms with Gasteiger partial charge >= 0.3 is 0 Å². The van der Waals surface area contributed by atoms with Crippen LogP contribution in [0.15, 0.2) is 30.7 Å². The number of likely N-dealkylation sites (tertiary alicyclic amines) is 1. The zero-order valence-corrected chi connectivity index (χ0v) is 13.7. The molecule has 0 spiro atoms. The van der Waals surface area contributed by atoms with E-state index in [0.29, 0.717) is 13.1 Å². The van der Waals surface area contributed by atoms with Crippen LogP contribution in [0.2, 0.25) is 0 Å². The van der Waals surface area contributed by atoms with Gasteiger partial charge in [0.2, 0.25) is 5.82 Å². The first-order valence-electron chi connectivity index (χ1n) is 8.62.